The quantitative estimate of drug-likeness (QED) is 0.483. The van der Waals surface area contributed by atoms with E-state index in [1.54, 1.807) is 7.11 Å². The lowest BCUT2D eigenvalue weighted by Gasteiger charge is -2.31. The molecule has 2 fully saturated rings. The Hall–Kier alpha value is -2.97. The van der Waals surface area contributed by atoms with Crippen LogP contribution in [0.1, 0.15) is 42.9 Å². The summed E-state index contributed by atoms with van der Waals surface area (Å²) in [6.07, 6.45) is 2.91. The Morgan fingerprint density at radius 3 is 2.49 bits per heavy atom. The van der Waals surface area contributed by atoms with E-state index in [1.165, 1.54) is 5.57 Å². The fourth-order valence-corrected chi connectivity index (χ4v) is 5.84. The van der Waals surface area contributed by atoms with Crippen molar-refractivity contribution in [2.24, 2.45) is 17.8 Å². The lowest BCUT2D eigenvalue weighted by molar-refractivity contribution is -0.137. The number of aromatic hydroxyl groups is 1. The van der Waals surface area contributed by atoms with Crippen molar-refractivity contribution in [3.8, 4) is 5.75 Å². The van der Waals surface area contributed by atoms with Crippen LogP contribution in [0.3, 0.4) is 0 Å². The van der Waals surface area contributed by atoms with Crippen LogP contribution in [0.15, 0.2) is 28.9 Å². The number of hydrogen-bond donors (Lipinski definition) is 1. The number of ether oxygens (including phenoxy) is 3. The first-order chi connectivity index (χ1) is 16.7. The molecular weight excluding hydrogens is 450 g/mol. The van der Waals surface area contributed by atoms with Crippen LogP contribution in [0.5, 0.6) is 5.75 Å². The number of carbonyl (C=O) groups excluding carboxylic acids is 3. The van der Waals surface area contributed by atoms with Gasteiger partial charge in [-0.2, -0.15) is 4.90 Å². The van der Waals surface area contributed by atoms with E-state index >= 15 is 0 Å². The SMILES string of the molecule is COCC1=C2[C@@H](CC/C(C)=C/c3cc(C)c(O)c(C)c3)OC[C@@H]2[C@@H]2C(=O)N(C(=O)OC)C(=O)[C@@H]2C1. The molecule has 3 aliphatic rings. The number of methoxy groups -OCH3 is 2. The van der Waals surface area contributed by atoms with Crippen LogP contribution in [-0.4, -0.2) is 61.5 Å². The van der Waals surface area contributed by atoms with Crippen molar-refractivity contribution in [2.75, 3.05) is 27.4 Å². The number of phenols is 1. The lowest BCUT2D eigenvalue weighted by atomic mass is 9.69. The zero-order valence-electron chi connectivity index (χ0n) is 20.9. The van der Waals surface area contributed by atoms with Crippen LogP contribution in [0.25, 0.3) is 6.08 Å². The molecule has 2 heterocycles. The molecule has 4 atom stereocenters. The summed E-state index contributed by atoms with van der Waals surface area (Å²) in [6, 6.07) is 3.93. The summed E-state index contributed by atoms with van der Waals surface area (Å²) < 4.78 is 16.3. The highest BCUT2D eigenvalue weighted by Crippen LogP contribution is 2.50. The second kappa shape index (κ2) is 9.95. The molecular formula is C27H33NO7. The molecule has 1 aromatic carbocycles. The maximum Gasteiger partial charge on any atom is 0.423 e. The van der Waals surface area contributed by atoms with Gasteiger partial charge in [0.2, 0.25) is 11.8 Å². The number of imide groups is 3. The van der Waals surface area contributed by atoms with Crippen molar-refractivity contribution in [2.45, 2.75) is 46.1 Å². The van der Waals surface area contributed by atoms with E-state index < -0.39 is 29.7 Å². The Labute approximate surface area is 205 Å². The molecule has 0 spiro atoms. The first-order valence-corrected chi connectivity index (χ1v) is 11.9. The first-order valence-electron chi connectivity index (χ1n) is 11.9. The van der Waals surface area contributed by atoms with Crippen molar-refractivity contribution in [1.82, 2.24) is 4.90 Å². The molecule has 188 valence electrons. The Balaban J connectivity index is 1.54. The Morgan fingerprint density at radius 1 is 1.17 bits per heavy atom. The van der Waals surface area contributed by atoms with Gasteiger partial charge in [-0.15, -0.1) is 0 Å². The molecule has 35 heavy (non-hydrogen) atoms. The van der Waals surface area contributed by atoms with E-state index in [-0.39, 0.29) is 12.0 Å². The number of benzene rings is 1. The van der Waals surface area contributed by atoms with E-state index in [0.717, 1.165) is 47.8 Å². The number of aryl methyl sites for hydroxylation is 2. The molecule has 0 aromatic heterocycles. The Bertz CT molecular complexity index is 1100. The second-order valence-corrected chi connectivity index (χ2v) is 9.77. The lowest BCUT2D eigenvalue weighted by Crippen LogP contribution is -2.38. The third-order valence-electron chi connectivity index (χ3n) is 7.41. The summed E-state index contributed by atoms with van der Waals surface area (Å²) in [4.78, 5) is 38.7. The van der Waals surface area contributed by atoms with Gasteiger partial charge in [-0.1, -0.05) is 11.6 Å². The number of phenolic OH excluding ortho intramolecular Hbond substituents is 1. The van der Waals surface area contributed by atoms with Gasteiger partial charge in [0.05, 0.1) is 38.3 Å². The summed E-state index contributed by atoms with van der Waals surface area (Å²) in [5, 5.41) is 10.0. The number of likely N-dealkylation sites (tertiary alicyclic amines) is 1. The van der Waals surface area contributed by atoms with Gasteiger partial charge < -0.3 is 19.3 Å². The highest BCUT2D eigenvalue weighted by Gasteiger charge is 2.58. The number of carbonyl (C=O) groups is 3. The highest BCUT2D eigenvalue weighted by atomic mass is 16.5. The number of hydrogen-bond acceptors (Lipinski definition) is 7. The van der Waals surface area contributed by atoms with Gasteiger partial charge >= 0.3 is 6.09 Å². The largest absolute Gasteiger partial charge is 0.507 e. The van der Waals surface area contributed by atoms with Gasteiger partial charge in [-0.3, -0.25) is 9.59 Å². The average molecular weight is 484 g/mol. The fourth-order valence-electron chi connectivity index (χ4n) is 5.84. The zero-order chi connectivity index (χ0) is 25.4. The average Bonchev–Trinajstić information content (AvgIpc) is 3.34. The highest BCUT2D eigenvalue weighted by molar-refractivity contribution is 6.16. The van der Waals surface area contributed by atoms with Crippen molar-refractivity contribution in [3.63, 3.8) is 0 Å². The predicted molar refractivity (Wildman–Crippen MR) is 128 cm³/mol. The maximum absolute atomic E-state index is 13.1. The maximum atomic E-state index is 13.1. The number of allylic oxidation sites excluding steroid dienone is 1. The minimum atomic E-state index is -0.930. The molecule has 2 saturated heterocycles. The molecule has 1 N–H and O–H groups in total. The normalized spacial score (nSPS) is 26.3. The van der Waals surface area contributed by atoms with Crippen LogP contribution < -0.4 is 0 Å². The van der Waals surface area contributed by atoms with E-state index in [0.29, 0.717) is 30.3 Å². The standard InChI is InChI=1S/C27H33NO7/c1-14(8-17-9-15(2)24(29)16(3)10-17)6-7-21-22-18(12-33-4)11-19-23(20(22)13-35-21)26(31)28(25(19)30)27(32)34-5/h8-10,19-21,23,29H,6-7,11-13H2,1-5H3/b14-8+/t19-,20+,21-,23-/m1/s1. The smallest absolute Gasteiger partial charge is 0.423 e. The molecule has 4 rings (SSSR count). The van der Waals surface area contributed by atoms with E-state index in [2.05, 4.69) is 17.7 Å². The molecule has 1 aliphatic carbocycles. The monoisotopic (exact) mass is 483 g/mol. The van der Waals surface area contributed by atoms with Gasteiger partial charge in [0.25, 0.3) is 0 Å². The van der Waals surface area contributed by atoms with Crippen molar-refractivity contribution >= 4 is 24.0 Å². The fraction of sp³-hybridized carbons (Fsp3) is 0.519. The van der Waals surface area contributed by atoms with Crippen molar-refractivity contribution in [1.29, 1.82) is 0 Å². The minimum absolute atomic E-state index is 0.173. The second-order valence-electron chi connectivity index (χ2n) is 9.77. The summed E-state index contributed by atoms with van der Waals surface area (Å²) in [5.41, 5.74) is 5.93. The number of fused-ring (bicyclic) bond motifs is 3. The van der Waals surface area contributed by atoms with Gasteiger partial charge in [0, 0.05) is 13.0 Å². The molecule has 1 aromatic rings. The van der Waals surface area contributed by atoms with Gasteiger partial charge in [0.1, 0.15) is 5.75 Å². The summed E-state index contributed by atoms with van der Waals surface area (Å²) in [5.74, 6) is -2.12. The summed E-state index contributed by atoms with van der Waals surface area (Å²) in [6.45, 7) is 6.53. The van der Waals surface area contributed by atoms with E-state index in [9.17, 15) is 19.5 Å². The molecule has 8 heteroatoms. The van der Waals surface area contributed by atoms with Crippen LogP contribution in [0, 0.1) is 31.6 Å². The third-order valence-corrected chi connectivity index (χ3v) is 7.41. The summed E-state index contributed by atoms with van der Waals surface area (Å²) >= 11 is 0. The Kier molecular flexibility index (Phi) is 7.15. The first kappa shape index (κ1) is 25.1. The minimum Gasteiger partial charge on any atom is -0.507 e. The summed E-state index contributed by atoms with van der Waals surface area (Å²) in [7, 11) is 2.77. The van der Waals surface area contributed by atoms with Crippen LogP contribution in [0.4, 0.5) is 4.79 Å². The Morgan fingerprint density at radius 2 is 1.86 bits per heavy atom. The predicted octanol–water partition coefficient (Wildman–Crippen LogP) is 3.92. The number of nitrogens with zero attached hydrogens (tertiary/aromatic N) is 1. The van der Waals surface area contributed by atoms with Gasteiger partial charge in [0.15, 0.2) is 0 Å². The van der Waals surface area contributed by atoms with E-state index in [1.807, 2.05) is 26.0 Å². The molecule has 0 radical (unpaired) electrons. The molecule has 0 bridgehead atoms. The molecule has 0 saturated carbocycles. The molecule has 2 aliphatic heterocycles. The molecule has 8 nitrogen and oxygen atoms in total. The van der Waals surface area contributed by atoms with E-state index in [4.69, 9.17) is 9.47 Å². The number of amides is 3. The van der Waals surface area contributed by atoms with Crippen LogP contribution >= 0.6 is 0 Å². The van der Waals surface area contributed by atoms with Gasteiger partial charge in [-0.25, -0.2) is 4.79 Å². The molecule has 0 unspecified atom stereocenters. The molecule has 3 amide bonds. The van der Waals surface area contributed by atoms with Crippen LogP contribution in [0.2, 0.25) is 0 Å². The van der Waals surface area contributed by atoms with Crippen molar-refractivity contribution in [3.05, 3.63) is 45.5 Å². The number of rotatable bonds is 6. The zero-order valence-corrected chi connectivity index (χ0v) is 20.9. The van der Waals surface area contributed by atoms with Crippen molar-refractivity contribution < 1.29 is 33.7 Å². The third kappa shape index (κ3) is 4.52. The van der Waals surface area contributed by atoms with Gasteiger partial charge in [-0.05, 0) is 80.0 Å². The topological polar surface area (TPSA) is 102 Å². The van der Waals surface area contributed by atoms with Crippen LogP contribution in [-0.2, 0) is 23.8 Å².